The number of hydrogen-bond acceptors (Lipinski definition) is 4. The Morgan fingerprint density at radius 1 is 1.12 bits per heavy atom. The predicted molar refractivity (Wildman–Crippen MR) is 99.4 cm³/mol. The Morgan fingerprint density at radius 2 is 1.65 bits per heavy atom. The quantitative estimate of drug-likeness (QED) is 0.604. The van der Waals surface area contributed by atoms with Gasteiger partial charge in [0.25, 0.3) is 5.91 Å². The minimum Gasteiger partial charge on any atom is -0.481 e. The molecule has 1 unspecified atom stereocenters. The number of sulfonamides is 1. The van der Waals surface area contributed by atoms with Crippen LogP contribution in [0.15, 0.2) is 29.2 Å². The largest absolute Gasteiger partial charge is 0.481 e. The molecule has 26 heavy (non-hydrogen) atoms. The molecule has 8 heteroatoms. The number of amides is 1. The zero-order valence-electron chi connectivity index (χ0n) is 15.9. The van der Waals surface area contributed by atoms with Crippen LogP contribution >= 0.6 is 0 Å². The summed E-state index contributed by atoms with van der Waals surface area (Å²) < 4.78 is 26.9. The van der Waals surface area contributed by atoms with Crippen LogP contribution in [0.25, 0.3) is 0 Å². The van der Waals surface area contributed by atoms with E-state index in [0.717, 1.165) is 0 Å². The van der Waals surface area contributed by atoms with Crippen LogP contribution in [0.5, 0.6) is 0 Å². The third-order valence-corrected chi connectivity index (χ3v) is 5.74. The Balaban J connectivity index is 2.94. The van der Waals surface area contributed by atoms with Gasteiger partial charge in [0.15, 0.2) is 0 Å². The molecule has 1 aromatic rings. The first kappa shape index (κ1) is 22.1. The minimum atomic E-state index is -3.62. The summed E-state index contributed by atoms with van der Waals surface area (Å²) in [7, 11) is -3.62. The summed E-state index contributed by atoms with van der Waals surface area (Å²) in [4.78, 5) is 23.6. The van der Waals surface area contributed by atoms with Crippen molar-refractivity contribution in [2.45, 2.75) is 51.5 Å². The fraction of sp³-hybridized carbons (Fsp3) is 0.556. The molecule has 0 spiro atoms. The Labute approximate surface area is 155 Å². The molecule has 0 heterocycles. The van der Waals surface area contributed by atoms with Gasteiger partial charge in [0.05, 0.1) is 16.9 Å². The first-order chi connectivity index (χ1) is 11.9. The topological polar surface area (TPSA) is 113 Å². The lowest BCUT2D eigenvalue weighted by atomic mass is 9.85. The van der Waals surface area contributed by atoms with Crippen LogP contribution in [0, 0.1) is 11.8 Å². The average Bonchev–Trinajstić information content (AvgIpc) is 2.52. The molecule has 0 bridgehead atoms. The van der Waals surface area contributed by atoms with E-state index in [-0.39, 0.29) is 28.7 Å². The molecule has 0 fully saturated rings. The summed E-state index contributed by atoms with van der Waals surface area (Å²) in [5.74, 6) is -1.36. The SMILES string of the molecule is CC(C)CNS(=O)(=O)c1ccc(C(=O)NC(C)(CC(=O)O)C(C)C)cc1. The molecule has 0 aromatic heterocycles. The smallest absolute Gasteiger partial charge is 0.305 e. The maximum atomic E-state index is 12.5. The summed E-state index contributed by atoms with van der Waals surface area (Å²) in [6, 6.07) is 5.56. The van der Waals surface area contributed by atoms with Crippen LogP contribution in [0.4, 0.5) is 0 Å². The molecule has 0 aliphatic carbocycles. The lowest BCUT2D eigenvalue weighted by Crippen LogP contribution is -2.51. The van der Waals surface area contributed by atoms with Gasteiger partial charge in [-0.2, -0.15) is 0 Å². The van der Waals surface area contributed by atoms with Crippen molar-refractivity contribution in [2.24, 2.45) is 11.8 Å². The molecular formula is C18H28N2O5S. The van der Waals surface area contributed by atoms with Gasteiger partial charge in [-0.1, -0.05) is 27.7 Å². The third-order valence-electron chi connectivity index (χ3n) is 4.30. The number of carbonyl (C=O) groups excluding carboxylic acids is 1. The lowest BCUT2D eigenvalue weighted by Gasteiger charge is -2.33. The van der Waals surface area contributed by atoms with Crippen molar-refractivity contribution in [1.82, 2.24) is 10.0 Å². The number of carbonyl (C=O) groups is 2. The normalized spacial score (nSPS) is 14.3. The van der Waals surface area contributed by atoms with Crippen molar-refractivity contribution < 1.29 is 23.1 Å². The van der Waals surface area contributed by atoms with Crippen LogP contribution in [0.3, 0.4) is 0 Å². The Kier molecular flexibility index (Phi) is 7.35. The van der Waals surface area contributed by atoms with Gasteiger partial charge in [0, 0.05) is 12.1 Å². The second kappa shape index (κ2) is 8.64. The minimum absolute atomic E-state index is 0.0758. The highest BCUT2D eigenvalue weighted by atomic mass is 32.2. The molecular weight excluding hydrogens is 356 g/mol. The number of carboxylic acids is 1. The molecule has 146 valence electrons. The maximum Gasteiger partial charge on any atom is 0.305 e. The lowest BCUT2D eigenvalue weighted by molar-refractivity contribution is -0.138. The second-order valence-corrected chi connectivity index (χ2v) is 9.13. The standard InChI is InChI=1S/C18H28N2O5S/c1-12(2)11-19-26(24,25)15-8-6-14(7-9-15)17(23)20-18(5,13(3)4)10-16(21)22/h6-9,12-13,19H,10-11H2,1-5H3,(H,20,23)(H,21,22). The molecule has 3 N–H and O–H groups in total. The number of nitrogens with one attached hydrogen (secondary N) is 2. The van der Waals surface area contributed by atoms with Gasteiger partial charge in [-0.3, -0.25) is 9.59 Å². The van der Waals surface area contributed by atoms with Crippen LogP contribution in [-0.2, 0) is 14.8 Å². The summed E-state index contributed by atoms with van der Waals surface area (Å²) in [5, 5.41) is 11.8. The average molecular weight is 384 g/mol. The van der Waals surface area contributed by atoms with E-state index in [0.29, 0.717) is 6.54 Å². The molecule has 0 aliphatic heterocycles. The number of hydrogen-bond donors (Lipinski definition) is 3. The van der Waals surface area contributed by atoms with Gasteiger partial charge >= 0.3 is 5.97 Å². The molecule has 1 atom stereocenters. The van der Waals surface area contributed by atoms with Crippen molar-refractivity contribution in [3.8, 4) is 0 Å². The van der Waals surface area contributed by atoms with Crippen molar-refractivity contribution in [3.63, 3.8) is 0 Å². The molecule has 0 radical (unpaired) electrons. The van der Waals surface area contributed by atoms with Crippen LogP contribution in [0.2, 0.25) is 0 Å². The number of carboxylic acid groups (broad SMARTS) is 1. The number of rotatable bonds is 9. The molecule has 7 nitrogen and oxygen atoms in total. The fourth-order valence-corrected chi connectivity index (χ4v) is 3.40. The monoisotopic (exact) mass is 384 g/mol. The van der Waals surface area contributed by atoms with E-state index in [2.05, 4.69) is 10.0 Å². The molecule has 1 amide bonds. The molecule has 1 rings (SSSR count). The van der Waals surface area contributed by atoms with E-state index in [1.54, 1.807) is 6.92 Å². The van der Waals surface area contributed by atoms with Gasteiger partial charge in [-0.05, 0) is 43.0 Å². The van der Waals surface area contributed by atoms with E-state index >= 15 is 0 Å². The zero-order valence-corrected chi connectivity index (χ0v) is 16.7. The third kappa shape index (κ3) is 6.10. The number of aliphatic carboxylic acids is 1. The summed E-state index contributed by atoms with van der Waals surface area (Å²) >= 11 is 0. The highest BCUT2D eigenvalue weighted by Gasteiger charge is 2.33. The zero-order chi connectivity index (χ0) is 20.1. The van der Waals surface area contributed by atoms with Crippen LogP contribution < -0.4 is 10.0 Å². The van der Waals surface area contributed by atoms with Gasteiger partial charge in [-0.25, -0.2) is 13.1 Å². The van der Waals surface area contributed by atoms with E-state index in [9.17, 15) is 18.0 Å². The van der Waals surface area contributed by atoms with E-state index in [1.807, 2.05) is 27.7 Å². The molecule has 0 saturated heterocycles. The van der Waals surface area contributed by atoms with Crippen LogP contribution in [0.1, 0.15) is 51.4 Å². The Bertz CT molecular complexity index is 741. The van der Waals surface area contributed by atoms with Gasteiger partial charge in [0.2, 0.25) is 10.0 Å². The Morgan fingerprint density at radius 3 is 2.08 bits per heavy atom. The van der Waals surface area contributed by atoms with Gasteiger partial charge < -0.3 is 10.4 Å². The fourth-order valence-electron chi connectivity index (χ4n) is 2.18. The van der Waals surface area contributed by atoms with Crippen molar-refractivity contribution in [2.75, 3.05) is 6.54 Å². The molecule has 1 aromatic carbocycles. The first-order valence-electron chi connectivity index (χ1n) is 8.51. The number of benzene rings is 1. The molecule has 0 aliphatic rings. The van der Waals surface area contributed by atoms with Crippen LogP contribution in [-0.4, -0.2) is 37.5 Å². The maximum absolute atomic E-state index is 12.5. The summed E-state index contributed by atoms with van der Waals surface area (Å²) in [5.41, 5.74) is -0.642. The van der Waals surface area contributed by atoms with Gasteiger partial charge in [-0.15, -0.1) is 0 Å². The highest BCUT2D eigenvalue weighted by Crippen LogP contribution is 2.22. The second-order valence-electron chi connectivity index (χ2n) is 7.37. The first-order valence-corrected chi connectivity index (χ1v) is 9.99. The van der Waals surface area contributed by atoms with E-state index < -0.39 is 27.4 Å². The van der Waals surface area contributed by atoms with Crippen molar-refractivity contribution in [1.29, 1.82) is 0 Å². The Hall–Kier alpha value is -1.93. The van der Waals surface area contributed by atoms with E-state index in [4.69, 9.17) is 5.11 Å². The van der Waals surface area contributed by atoms with E-state index in [1.165, 1.54) is 24.3 Å². The summed E-state index contributed by atoms with van der Waals surface area (Å²) in [6.45, 7) is 9.47. The summed E-state index contributed by atoms with van der Waals surface area (Å²) in [6.07, 6.45) is -0.206. The van der Waals surface area contributed by atoms with Crippen molar-refractivity contribution >= 4 is 21.9 Å². The van der Waals surface area contributed by atoms with Crippen molar-refractivity contribution in [3.05, 3.63) is 29.8 Å². The molecule has 0 saturated carbocycles. The van der Waals surface area contributed by atoms with Gasteiger partial charge in [0.1, 0.15) is 0 Å². The predicted octanol–water partition coefficient (Wildman–Crippen LogP) is 2.24. The highest BCUT2D eigenvalue weighted by molar-refractivity contribution is 7.89.